The van der Waals surface area contributed by atoms with Crippen molar-refractivity contribution in [1.29, 1.82) is 0 Å². The first-order chi connectivity index (χ1) is 9.49. The molecule has 2 rings (SSSR count). The fourth-order valence-electron chi connectivity index (χ4n) is 2.81. The molecule has 20 heavy (non-hydrogen) atoms. The second kappa shape index (κ2) is 6.27. The summed E-state index contributed by atoms with van der Waals surface area (Å²) in [7, 11) is 0. The van der Waals surface area contributed by atoms with Crippen LogP contribution in [-0.4, -0.2) is 29.4 Å². The van der Waals surface area contributed by atoms with Gasteiger partial charge >= 0.3 is 0 Å². The van der Waals surface area contributed by atoms with Crippen LogP contribution in [0.15, 0.2) is 18.2 Å². The van der Waals surface area contributed by atoms with Crippen LogP contribution in [0.5, 0.6) is 0 Å². The Morgan fingerprint density at radius 1 is 1.45 bits per heavy atom. The van der Waals surface area contributed by atoms with Crippen molar-refractivity contribution in [3.63, 3.8) is 0 Å². The van der Waals surface area contributed by atoms with Gasteiger partial charge in [-0.3, -0.25) is 9.69 Å². The van der Waals surface area contributed by atoms with E-state index < -0.39 is 0 Å². The Bertz CT molecular complexity index is 487. The first kappa shape index (κ1) is 14.9. The largest absolute Gasteiger partial charge is 0.398 e. The van der Waals surface area contributed by atoms with Crippen molar-refractivity contribution >= 4 is 17.3 Å². The Labute approximate surface area is 121 Å². The summed E-state index contributed by atoms with van der Waals surface area (Å²) >= 11 is 0. The summed E-state index contributed by atoms with van der Waals surface area (Å²) in [6.07, 6.45) is 3.62. The normalized spacial score (nSPS) is 21.4. The SMILES string of the molecule is Cc1ccc(NC(=O)C(C)N2CCCCC2C)cc1N. The molecule has 0 aliphatic carbocycles. The van der Waals surface area contributed by atoms with E-state index in [0.717, 1.165) is 17.8 Å². The van der Waals surface area contributed by atoms with E-state index in [0.29, 0.717) is 11.7 Å². The number of likely N-dealkylation sites (tertiary alicyclic amines) is 1. The van der Waals surface area contributed by atoms with E-state index in [2.05, 4.69) is 17.1 Å². The van der Waals surface area contributed by atoms with Crippen molar-refractivity contribution in [2.75, 3.05) is 17.6 Å². The Hall–Kier alpha value is -1.55. The van der Waals surface area contributed by atoms with Gasteiger partial charge in [0.05, 0.1) is 6.04 Å². The standard InChI is InChI=1S/C16H25N3O/c1-11-7-8-14(10-15(11)17)18-16(20)13(3)19-9-5-4-6-12(19)2/h7-8,10,12-13H,4-6,9,17H2,1-3H3,(H,18,20). The molecule has 110 valence electrons. The average Bonchev–Trinajstić information content (AvgIpc) is 2.42. The number of benzene rings is 1. The zero-order chi connectivity index (χ0) is 14.7. The summed E-state index contributed by atoms with van der Waals surface area (Å²) in [5.74, 6) is 0.0435. The summed E-state index contributed by atoms with van der Waals surface area (Å²) in [6.45, 7) is 7.15. The van der Waals surface area contributed by atoms with Crippen LogP contribution < -0.4 is 11.1 Å². The summed E-state index contributed by atoms with van der Waals surface area (Å²) < 4.78 is 0. The number of hydrogen-bond donors (Lipinski definition) is 2. The van der Waals surface area contributed by atoms with Gasteiger partial charge in [0.1, 0.15) is 0 Å². The second-order valence-electron chi connectivity index (χ2n) is 5.82. The molecule has 1 aliphatic heterocycles. The lowest BCUT2D eigenvalue weighted by atomic mass is 10.0. The highest BCUT2D eigenvalue weighted by Crippen LogP contribution is 2.21. The van der Waals surface area contributed by atoms with E-state index in [1.165, 1.54) is 19.3 Å². The second-order valence-corrected chi connectivity index (χ2v) is 5.82. The highest BCUT2D eigenvalue weighted by atomic mass is 16.2. The Balaban J connectivity index is 2.01. The van der Waals surface area contributed by atoms with Gasteiger partial charge in [0.25, 0.3) is 0 Å². The van der Waals surface area contributed by atoms with Crippen molar-refractivity contribution in [1.82, 2.24) is 4.90 Å². The molecule has 2 atom stereocenters. The topological polar surface area (TPSA) is 58.4 Å². The molecule has 0 aromatic heterocycles. The van der Waals surface area contributed by atoms with E-state index in [1.54, 1.807) is 0 Å². The highest BCUT2D eigenvalue weighted by Gasteiger charge is 2.27. The lowest BCUT2D eigenvalue weighted by Gasteiger charge is -2.37. The first-order valence-electron chi connectivity index (χ1n) is 7.42. The van der Waals surface area contributed by atoms with Crippen LogP contribution in [-0.2, 0) is 4.79 Å². The summed E-state index contributed by atoms with van der Waals surface area (Å²) in [4.78, 5) is 14.6. The Morgan fingerprint density at radius 2 is 2.20 bits per heavy atom. The molecule has 1 saturated heterocycles. The van der Waals surface area contributed by atoms with Crippen LogP contribution in [0.3, 0.4) is 0 Å². The molecule has 1 amide bonds. The molecule has 0 bridgehead atoms. The fraction of sp³-hybridized carbons (Fsp3) is 0.562. The van der Waals surface area contributed by atoms with Crippen LogP contribution in [0.1, 0.15) is 38.7 Å². The van der Waals surface area contributed by atoms with Crippen molar-refractivity contribution in [3.05, 3.63) is 23.8 Å². The number of aryl methyl sites for hydroxylation is 1. The van der Waals surface area contributed by atoms with Crippen LogP contribution >= 0.6 is 0 Å². The molecule has 0 saturated carbocycles. The lowest BCUT2D eigenvalue weighted by molar-refractivity contribution is -0.122. The third-order valence-corrected chi connectivity index (χ3v) is 4.28. The van der Waals surface area contributed by atoms with Gasteiger partial charge in [-0.25, -0.2) is 0 Å². The smallest absolute Gasteiger partial charge is 0.241 e. The quantitative estimate of drug-likeness (QED) is 0.834. The van der Waals surface area contributed by atoms with Crippen LogP contribution in [0, 0.1) is 6.92 Å². The molecule has 2 unspecified atom stereocenters. The number of piperidine rings is 1. The maximum absolute atomic E-state index is 12.4. The summed E-state index contributed by atoms with van der Waals surface area (Å²) in [5.41, 5.74) is 8.39. The minimum absolute atomic E-state index is 0.0435. The van der Waals surface area contributed by atoms with Crippen molar-refractivity contribution in [3.8, 4) is 0 Å². The fourth-order valence-corrected chi connectivity index (χ4v) is 2.81. The maximum Gasteiger partial charge on any atom is 0.241 e. The number of carbonyl (C=O) groups excluding carboxylic acids is 1. The Kier molecular flexibility index (Phi) is 4.65. The van der Waals surface area contributed by atoms with Gasteiger partial charge in [0, 0.05) is 17.4 Å². The monoisotopic (exact) mass is 275 g/mol. The molecule has 4 nitrogen and oxygen atoms in total. The lowest BCUT2D eigenvalue weighted by Crippen LogP contribution is -2.48. The molecule has 0 radical (unpaired) electrons. The predicted molar refractivity (Wildman–Crippen MR) is 83.7 cm³/mol. The third-order valence-electron chi connectivity index (χ3n) is 4.28. The minimum Gasteiger partial charge on any atom is -0.398 e. The number of hydrogen-bond acceptors (Lipinski definition) is 3. The van der Waals surface area contributed by atoms with Crippen LogP contribution in [0.25, 0.3) is 0 Å². The van der Waals surface area contributed by atoms with Gasteiger partial charge in [-0.2, -0.15) is 0 Å². The molecular formula is C16H25N3O. The molecule has 3 N–H and O–H groups in total. The van der Waals surface area contributed by atoms with E-state index in [9.17, 15) is 4.79 Å². The molecular weight excluding hydrogens is 250 g/mol. The predicted octanol–water partition coefficient (Wildman–Crippen LogP) is 2.78. The van der Waals surface area contributed by atoms with Crippen LogP contribution in [0.4, 0.5) is 11.4 Å². The average molecular weight is 275 g/mol. The first-order valence-corrected chi connectivity index (χ1v) is 7.42. The van der Waals surface area contributed by atoms with Crippen LogP contribution in [0.2, 0.25) is 0 Å². The van der Waals surface area contributed by atoms with E-state index in [-0.39, 0.29) is 11.9 Å². The van der Waals surface area contributed by atoms with E-state index in [1.807, 2.05) is 32.0 Å². The molecule has 1 aromatic rings. The number of rotatable bonds is 3. The molecule has 1 fully saturated rings. The van der Waals surface area contributed by atoms with Crippen molar-refractivity contribution in [2.45, 2.75) is 52.1 Å². The summed E-state index contributed by atoms with van der Waals surface area (Å²) in [6, 6.07) is 6.02. The zero-order valence-electron chi connectivity index (χ0n) is 12.6. The van der Waals surface area contributed by atoms with Gasteiger partial charge in [0.15, 0.2) is 0 Å². The molecule has 1 aliphatic rings. The van der Waals surface area contributed by atoms with Crippen molar-refractivity contribution in [2.24, 2.45) is 0 Å². The zero-order valence-corrected chi connectivity index (χ0v) is 12.6. The number of nitrogens with one attached hydrogen (secondary N) is 1. The molecule has 1 aromatic carbocycles. The maximum atomic E-state index is 12.4. The van der Waals surface area contributed by atoms with E-state index in [4.69, 9.17) is 5.73 Å². The van der Waals surface area contributed by atoms with Gasteiger partial charge in [-0.05, 0) is 57.9 Å². The summed E-state index contributed by atoms with van der Waals surface area (Å²) in [5, 5.41) is 2.97. The number of amides is 1. The number of nitrogen functional groups attached to an aromatic ring is 1. The van der Waals surface area contributed by atoms with Gasteiger partial charge in [0.2, 0.25) is 5.91 Å². The number of anilines is 2. The Morgan fingerprint density at radius 3 is 2.85 bits per heavy atom. The molecule has 0 spiro atoms. The van der Waals surface area contributed by atoms with Gasteiger partial charge in [-0.1, -0.05) is 12.5 Å². The molecule has 1 heterocycles. The number of nitrogens with two attached hydrogens (primary N) is 1. The third kappa shape index (κ3) is 3.31. The van der Waals surface area contributed by atoms with E-state index >= 15 is 0 Å². The number of carbonyl (C=O) groups is 1. The van der Waals surface area contributed by atoms with Gasteiger partial charge in [-0.15, -0.1) is 0 Å². The number of nitrogens with zero attached hydrogens (tertiary/aromatic N) is 1. The molecule has 4 heteroatoms. The highest BCUT2D eigenvalue weighted by molar-refractivity contribution is 5.95. The minimum atomic E-state index is -0.104. The van der Waals surface area contributed by atoms with Gasteiger partial charge < -0.3 is 11.1 Å². The van der Waals surface area contributed by atoms with Crippen molar-refractivity contribution < 1.29 is 4.79 Å².